The smallest absolute Gasteiger partial charge is 0.139 e. The number of nitrogens with one attached hydrogen (secondary N) is 1. The van der Waals surface area contributed by atoms with Crippen LogP contribution in [-0.2, 0) is 5.41 Å². The molecule has 3 aromatic heterocycles. The summed E-state index contributed by atoms with van der Waals surface area (Å²) in [4.78, 5) is 7.50. The first-order chi connectivity index (χ1) is 11.4. The standard InChI is InChI=1S/C19H16N4/c1-2-4-14(5-3-1)19(8-9-19)15-12-22-23(13-15)17-7-11-21-18-16(17)6-10-20-18/h1-7,10-13H,8-9H2,(H,20,21). The lowest BCUT2D eigenvalue weighted by Crippen LogP contribution is -2.07. The van der Waals surface area contributed by atoms with Gasteiger partial charge in [0.25, 0.3) is 0 Å². The molecule has 1 fully saturated rings. The predicted octanol–water partition coefficient (Wildman–Crippen LogP) is 3.83. The Morgan fingerprint density at radius 2 is 1.87 bits per heavy atom. The maximum Gasteiger partial charge on any atom is 0.139 e. The average molecular weight is 300 g/mol. The van der Waals surface area contributed by atoms with Crippen molar-refractivity contribution in [2.75, 3.05) is 0 Å². The fourth-order valence-corrected chi connectivity index (χ4v) is 3.47. The van der Waals surface area contributed by atoms with Crippen LogP contribution in [0.4, 0.5) is 0 Å². The van der Waals surface area contributed by atoms with Gasteiger partial charge < -0.3 is 4.98 Å². The van der Waals surface area contributed by atoms with Crippen molar-refractivity contribution < 1.29 is 0 Å². The van der Waals surface area contributed by atoms with Gasteiger partial charge in [0.1, 0.15) is 5.65 Å². The number of hydrogen-bond acceptors (Lipinski definition) is 2. The zero-order valence-electron chi connectivity index (χ0n) is 12.6. The Bertz CT molecular complexity index is 977. The Labute approximate surface area is 133 Å². The monoisotopic (exact) mass is 300 g/mol. The molecular formula is C19H16N4. The molecule has 3 heterocycles. The summed E-state index contributed by atoms with van der Waals surface area (Å²) < 4.78 is 1.97. The van der Waals surface area contributed by atoms with Crippen LogP contribution in [-0.4, -0.2) is 19.7 Å². The van der Waals surface area contributed by atoms with Crippen molar-refractivity contribution in [3.05, 3.63) is 78.4 Å². The van der Waals surface area contributed by atoms with E-state index in [1.165, 1.54) is 24.0 Å². The third-order valence-electron chi connectivity index (χ3n) is 4.90. The molecule has 1 aliphatic rings. The second-order valence-corrected chi connectivity index (χ2v) is 6.19. The van der Waals surface area contributed by atoms with Crippen LogP contribution in [0, 0.1) is 0 Å². The van der Waals surface area contributed by atoms with E-state index in [1.54, 1.807) is 0 Å². The summed E-state index contributed by atoms with van der Waals surface area (Å²) in [5.41, 5.74) is 4.80. The number of hydrogen-bond donors (Lipinski definition) is 1. The summed E-state index contributed by atoms with van der Waals surface area (Å²) in [6.45, 7) is 0. The normalized spacial score (nSPS) is 15.8. The predicted molar refractivity (Wildman–Crippen MR) is 89.7 cm³/mol. The SMILES string of the molecule is c1ccc(C2(c3cnn(-c4ccnc5[nH]ccc45)c3)CC2)cc1. The molecule has 112 valence electrons. The van der Waals surface area contributed by atoms with Crippen LogP contribution in [0.15, 0.2) is 67.3 Å². The molecule has 0 bridgehead atoms. The molecule has 23 heavy (non-hydrogen) atoms. The molecule has 1 N–H and O–H groups in total. The largest absolute Gasteiger partial charge is 0.346 e. The number of nitrogens with zero attached hydrogens (tertiary/aromatic N) is 3. The van der Waals surface area contributed by atoms with Crippen LogP contribution in [0.3, 0.4) is 0 Å². The first-order valence-corrected chi connectivity index (χ1v) is 7.90. The highest BCUT2D eigenvalue weighted by Crippen LogP contribution is 2.53. The molecule has 0 spiro atoms. The number of aromatic nitrogens is 4. The first-order valence-electron chi connectivity index (χ1n) is 7.90. The van der Waals surface area contributed by atoms with Crippen molar-refractivity contribution in [1.29, 1.82) is 0 Å². The first kappa shape index (κ1) is 12.6. The Morgan fingerprint density at radius 3 is 2.70 bits per heavy atom. The average Bonchev–Trinajstić information content (AvgIpc) is 3.05. The molecule has 4 aromatic rings. The molecule has 0 amide bonds. The van der Waals surface area contributed by atoms with Gasteiger partial charge in [-0.15, -0.1) is 0 Å². The minimum absolute atomic E-state index is 0.157. The van der Waals surface area contributed by atoms with Crippen LogP contribution in [0.2, 0.25) is 0 Å². The topological polar surface area (TPSA) is 46.5 Å². The number of H-pyrrole nitrogens is 1. The lowest BCUT2D eigenvalue weighted by atomic mass is 9.90. The highest BCUT2D eigenvalue weighted by molar-refractivity contribution is 5.84. The van der Waals surface area contributed by atoms with Gasteiger partial charge in [-0.05, 0) is 30.5 Å². The molecule has 4 nitrogen and oxygen atoms in total. The van der Waals surface area contributed by atoms with E-state index in [4.69, 9.17) is 0 Å². The van der Waals surface area contributed by atoms with Gasteiger partial charge in [0.2, 0.25) is 0 Å². The minimum atomic E-state index is 0.157. The zero-order valence-corrected chi connectivity index (χ0v) is 12.6. The minimum Gasteiger partial charge on any atom is -0.346 e. The Hall–Kier alpha value is -2.88. The number of aromatic amines is 1. The summed E-state index contributed by atoms with van der Waals surface area (Å²) >= 11 is 0. The van der Waals surface area contributed by atoms with Crippen molar-refractivity contribution in [2.24, 2.45) is 0 Å². The van der Waals surface area contributed by atoms with Crippen molar-refractivity contribution in [1.82, 2.24) is 19.7 Å². The van der Waals surface area contributed by atoms with E-state index in [1.807, 2.05) is 35.4 Å². The van der Waals surface area contributed by atoms with E-state index < -0.39 is 0 Å². The molecule has 0 aliphatic heterocycles. The molecule has 0 atom stereocenters. The van der Waals surface area contributed by atoms with E-state index in [2.05, 4.69) is 51.6 Å². The van der Waals surface area contributed by atoms with Gasteiger partial charge in [0.05, 0.1) is 11.9 Å². The maximum atomic E-state index is 4.62. The second kappa shape index (κ2) is 4.56. The Morgan fingerprint density at radius 1 is 1.00 bits per heavy atom. The number of pyridine rings is 1. The van der Waals surface area contributed by atoms with Crippen molar-refractivity contribution in [3.8, 4) is 5.69 Å². The number of rotatable bonds is 3. The summed E-state index contributed by atoms with van der Waals surface area (Å²) in [7, 11) is 0. The van der Waals surface area contributed by atoms with Crippen molar-refractivity contribution >= 4 is 11.0 Å². The number of fused-ring (bicyclic) bond motifs is 1. The lowest BCUT2D eigenvalue weighted by Gasteiger charge is -2.13. The molecule has 4 heteroatoms. The van der Waals surface area contributed by atoms with Crippen LogP contribution in [0.1, 0.15) is 24.0 Å². The Balaban J connectivity index is 1.60. The van der Waals surface area contributed by atoms with Crippen molar-refractivity contribution in [2.45, 2.75) is 18.3 Å². The van der Waals surface area contributed by atoms with Gasteiger partial charge >= 0.3 is 0 Å². The quantitative estimate of drug-likeness (QED) is 0.625. The second-order valence-electron chi connectivity index (χ2n) is 6.19. The third kappa shape index (κ3) is 1.84. The van der Waals surface area contributed by atoms with Crippen LogP contribution in [0.5, 0.6) is 0 Å². The molecular weight excluding hydrogens is 284 g/mol. The van der Waals surface area contributed by atoms with E-state index in [-0.39, 0.29) is 5.41 Å². The summed E-state index contributed by atoms with van der Waals surface area (Å²) in [6, 6.07) is 14.8. The van der Waals surface area contributed by atoms with Gasteiger partial charge in [-0.2, -0.15) is 5.10 Å². The highest BCUT2D eigenvalue weighted by Gasteiger charge is 2.46. The van der Waals surface area contributed by atoms with Gasteiger partial charge in [-0.3, -0.25) is 0 Å². The van der Waals surface area contributed by atoms with E-state index in [0.717, 1.165) is 16.7 Å². The van der Waals surface area contributed by atoms with Crippen LogP contribution < -0.4 is 0 Å². The summed E-state index contributed by atoms with van der Waals surface area (Å²) in [6.07, 6.45) is 10.3. The van der Waals surface area contributed by atoms with Gasteiger partial charge in [-0.25, -0.2) is 9.67 Å². The van der Waals surface area contributed by atoms with E-state index >= 15 is 0 Å². The maximum absolute atomic E-state index is 4.62. The molecule has 0 unspecified atom stereocenters. The van der Waals surface area contributed by atoms with Crippen molar-refractivity contribution in [3.63, 3.8) is 0 Å². The van der Waals surface area contributed by atoms with E-state index in [0.29, 0.717) is 0 Å². The summed E-state index contributed by atoms with van der Waals surface area (Å²) in [5.74, 6) is 0. The lowest BCUT2D eigenvalue weighted by molar-refractivity contribution is 0.843. The van der Waals surface area contributed by atoms with Gasteiger partial charge in [-0.1, -0.05) is 30.3 Å². The van der Waals surface area contributed by atoms with Crippen LogP contribution >= 0.6 is 0 Å². The molecule has 1 aromatic carbocycles. The zero-order chi connectivity index (χ0) is 15.3. The Kier molecular flexibility index (Phi) is 2.50. The summed E-state index contributed by atoms with van der Waals surface area (Å²) in [5, 5.41) is 5.71. The molecule has 0 saturated heterocycles. The molecule has 1 saturated carbocycles. The molecule has 1 aliphatic carbocycles. The molecule has 0 radical (unpaired) electrons. The fraction of sp³-hybridized carbons (Fsp3) is 0.158. The third-order valence-corrected chi connectivity index (χ3v) is 4.90. The molecule has 5 rings (SSSR count). The highest BCUT2D eigenvalue weighted by atomic mass is 15.3. The van der Waals surface area contributed by atoms with E-state index in [9.17, 15) is 0 Å². The number of benzene rings is 1. The fourth-order valence-electron chi connectivity index (χ4n) is 3.47. The van der Waals surface area contributed by atoms with Gasteiger partial charge in [0, 0.05) is 35.0 Å². The van der Waals surface area contributed by atoms with Crippen LogP contribution in [0.25, 0.3) is 16.7 Å². The van der Waals surface area contributed by atoms with Gasteiger partial charge in [0.15, 0.2) is 0 Å².